The molecule has 48 heavy (non-hydrogen) atoms. The van der Waals surface area contributed by atoms with Crippen LogP contribution in [0.3, 0.4) is 0 Å². The zero-order chi connectivity index (χ0) is 34.5. The molecule has 0 saturated carbocycles. The van der Waals surface area contributed by atoms with Crippen molar-refractivity contribution in [2.75, 3.05) is 31.1 Å². The van der Waals surface area contributed by atoms with Crippen LogP contribution in [0.2, 0.25) is 5.02 Å². The van der Waals surface area contributed by atoms with E-state index in [-0.39, 0.29) is 29.5 Å². The predicted molar refractivity (Wildman–Crippen MR) is 189 cm³/mol. The molecule has 11 heteroatoms. The van der Waals surface area contributed by atoms with Crippen LogP contribution in [-0.2, 0) is 32.6 Å². The van der Waals surface area contributed by atoms with Crippen molar-refractivity contribution in [2.24, 2.45) is 0 Å². The fraction of sp³-hybridized carbons (Fsp3) is 0.297. The molecule has 9 nitrogen and oxygen atoms in total. The fourth-order valence-electron chi connectivity index (χ4n) is 5.17. The number of hydrogen-bond donors (Lipinski definition) is 1. The third-order valence-electron chi connectivity index (χ3n) is 7.70. The van der Waals surface area contributed by atoms with E-state index >= 15 is 0 Å². The standard InChI is InChI=1S/C37H42ClN3O6S/c1-4-6-23-39-37(43)35(25-28-11-8-7-9-12-28)40(26-29-13-10-14-33(24-29)46-3)36(42)27-41(31-17-19-32(20-18-31)47-5-2)48(44,45)34-21-15-30(38)16-22-34/h7-22,24,35H,4-6,23,25-27H2,1-3H3,(H,39,43)/t35-/m1/s1. The van der Waals surface area contributed by atoms with E-state index in [1.54, 1.807) is 43.5 Å². The first kappa shape index (κ1) is 36.3. The first-order valence-corrected chi connectivity index (χ1v) is 17.7. The molecule has 254 valence electrons. The van der Waals surface area contributed by atoms with Crippen molar-refractivity contribution in [3.8, 4) is 11.5 Å². The summed E-state index contributed by atoms with van der Waals surface area (Å²) < 4.78 is 40.5. The summed E-state index contributed by atoms with van der Waals surface area (Å²) in [5, 5.41) is 3.37. The largest absolute Gasteiger partial charge is 0.497 e. The molecular formula is C37H42ClN3O6S. The van der Waals surface area contributed by atoms with E-state index in [2.05, 4.69) is 5.32 Å². The van der Waals surface area contributed by atoms with Gasteiger partial charge in [-0.25, -0.2) is 8.42 Å². The quantitative estimate of drug-likeness (QED) is 0.127. The number of methoxy groups -OCH3 is 1. The van der Waals surface area contributed by atoms with Gasteiger partial charge >= 0.3 is 0 Å². The van der Waals surface area contributed by atoms with Crippen LogP contribution in [0.5, 0.6) is 11.5 Å². The Kier molecular flexibility index (Phi) is 13.3. The molecule has 0 aliphatic heterocycles. The van der Waals surface area contributed by atoms with Crippen LogP contribution >= 0.6 is 11.6 Å². The normalized spacial score (nSPS) is 11.8. The summed E-state index contributed by atoms with van der Waals surface area (Å²) in [5.74, 6) is 0.267. The van der Waals surface area contributed by atoms with Crippen LogP contribution < -0.4 is 19.1 Å². The summed E-state index contributed by atoms with van der Waals surface area (Å²) in [6, 6.07) is 28.0. The molecule has 0 spiro atoms. The van der Waals surface area contributed by atoms with Crippen molar-refractivity contribution < 1.29 is 27.5 Å². The molecule has 4 aromatic rings. The average Bonchev–Trinajstić information content (AvgIpc) is 3.10. The third kappa shape index (κ3) is 9.74. The highest BCUT2D eigenvalue weighted by Gasteiger charge is 2.34. The highest BCUT2D eigenvalue weighted by atomic mass is 35.5. The van der Waals surface area contributed by atoms with Gasteiger partial charge in [0.1, 0.15) is 24.1 Å². The summed E-state index contributed by atoms with van der Waals surface area (Å²) in [5.41, 5.74) is 1.83. The molecule has 0 aliphatic rings. The Morgan fingerprint density at radius 1 is 0.854 bits per heavy atom. The number of sulfonamides is 1. The van der Waals surface area contributed by atoms with Gasteiger partial charge in [0.15, 0.2) is 0 Å². The number of benzene rings is 4. The topological polar surface area (TPSA) is 105 Å². The van der Waals surface area contributed by atoms with E-state index in [1.165, 1.54) is 29.2 Å². The van der Waals surface area contributed by atoms with Crippen molar-refractivity contribution in [3.05, 3.63) is 119 Å². The lowest BCUT2D eigenvalue weighted by Crippen LogP contribution is -2.53. The highest BCUT2D eigenvalue weighted by Crippen LogP contribution is 2.28. The van der Waals surface area contributed by atoms with Gasteiger partial charge in [0, 0.05) is 24.5 Å². The molecule has 1 N–H and O–H groups in total. The van der Waals surface area contributed by atoms with E-state index in [1.807, 2.05) is 56.3 Å². The number of carbonyl (C=O) groups is 2. The number of unbranched alkanes of at least 4 members (excludes halogenated alkanes) is 1. The van der Waals surface area contributed by atoms with Gasteiger partial charge in [-0.3, -0.25) is 13.9 Å². The van der Waals surface area contributed by atoms with Crippen molar-refractivity contribution >= 4 is 39.1 Å². The number of rotatable bonds is 17. The fourth-order valence-corrected chi connectivity index (χ4v) is 6.71. The Morgan fingerprint density at radius 2 is 1.54 bits per heavy atom. The maximum Gasteiger partial charge on any atom is 0.264 e. The molecule has 0 fully saturated rings. The SMILES string of the molecule is CCCCNC(=O)[C@@H](Cc1ccccc1)N(Cc1cccc(OC)c1)C(=O)CN(c1ccc(OCC)cc1)S(=O)(=O)c1ccc(Cl)cc1. The van der Waals surface area contributed by atoms with E-state index in [4.69, 9.17) is 21.1 Å². The number of hydrogen-bond acceptors (Lipinski definition) is 6. The van der Waals surface area contributed by atoms with E-state index in [0.29, 0.717) is 29.7 Å². The van der Waals surface area contributed by atoms with Crippen LogP contribution in [0, 0.1) is 0 Å². The summed E-state index contributed by atoms with van der Waals surface area (Å²) in [6.07, 6.45) is 1.88. The van der Waals surface area contributed by atoms with Crippen LogP contribution in [0.4, 0.5) is 5.69 Å². The lowest BCUT2D eigenvalue weighted by atomic mass is 10.0. The molecule has 0 radical (unpaired) electrons. The van der Waals surface area contributed by atoms with Gasteiger partial charge in [0.05, 0.1) is 24.3 Å². The second kappa shape index (κ2) is 17.6. The van der Waals surface area contributed by atoms with Gasteiger partial charge in [-0.2, -0.15) is 0 Å². The summed E-state index contributed by atoms with van der Waals surface area (Å²) in [6.45, 7) is 4.23. The molecule has 2 amide bonds. The van der Waals surface area contributed by atoms with Crippen molar-refractivity contribution in [1.82, 2.24) is 10.2 Å². The van der Waals surface area contributed by atoms with Crippen LogP contribution in [0.1, 0.15) is 37.8 Å². The molecular weight excluding hydrogens is 650 g/mol. The monoisotopic (exact) mass is 691 g/mol. The minimum atomic E-state index is -4.26. The van der Waals surface area contributed by atoms with Gasteiger partial charge in [0.25, 0.3) is 10.0 Å². The molecule has 0 aliphatic carbocycles. The van der Waals surface area contributed by atoms with Crippen LogP contribution in [-0.4, -0.2) is 58.0 Å². The molecule has 4 aromatic carbocycles. The predicted octanol–water partition coefficient (Wildman–Crippen LogP) is 6.50. The Hall–Kier alpha value is -4.54. The molecule has 0 bridgehead atoms. The Balaban J connectivity index is 1.80. The van der Waals surface area contributed by atoms with Gasteiger partial charge in [-0.05, 0) is 85.1 Å². The lowest BCUT2D eigenvalue weighted by molar-refractivity contribution is -0.140. The number of halogens is 1. The first-order chi connectivity index (χ1) is 23.2. The van der Waals surface area contributed by atoms with Crippen molar-refractivity contribution in [3.63, 3.8) is 0 Å². The van der Waals surface area contributed by atoms with Crippen molar-refractivity contribution in [1.29, 1.82) is 0 Å². The number of anilines is 1. The Morgan fingerprint density at radius 3 is 2.19 bits per heavy atom. The zero-order valence-corrected chi connectivity index (χ0v) is 29.0. The van der Waals surface area contributed by atoms with Gasteiger partial charge in [-0.15, -0.1) is 0 Å². The number of ether oxygens (including phenoxy) is 2. The van der Waals surface area contributed by atoms with Gasteiger partial charge in [0.2, 0.25) is 11.8 Å². The molecule has 0 saturated heterocycles. The molecule has 0 unspecified atom stereocenters. The second-order valence-electron chi connectivity index (χ2n) is 11.1. The number of nitrogens with one attached hydrogen (secondary N) is 1. The van der Waals surface area contributed by atoms with Gasteiger partial charge < -0.3 is 19.7 Å². The minimum Gasteiger partial charge on any atom is -0.497 e. The summed E-state index contributed by atoms with van der Waals surface area (Å²) in [7, 11) is -2.71. The highest BCUT2D eigenvalue weighted by molar-refractivity contribution is 7.92. The third-order valence-corrected chi connectivity index (χ3v) is 9.74. The summed E-state index contributed by atoms with van der Waals surface area (Å²) >= 11 is 6.08. The lowest BCUT2D eigenvalue weighted by Gasteiger charge is -2.34. The van der Waals surface area contributed by atoms with Gasteiger partial charge in [-0.1, -0.05) is 67.4 Å². The number of amides is 2. The summed E-state index contributed by atoms with van der Waals surface area (Å²) in [4.78, 5) is 29.9. The molecule has 4 rings (SSSR count). The molecule has 0 heterocycles. The van der Waals surface area contributed by atoms with E-state index < -0.39 is 28.5 Å². The van der Waals surface area contributed by atoms with E-state index in [9.17, 15) is 18.0 Å². The molecule has 0 aromatic heterocycles. The smallest absolute Gasteiger partial charge is 0.264 e. The maximum atomic E-state index is 14.6. The van der Waals surface area contributed by atoms with Crippen LogP contribution in [0.25, 0.3) is 0 Å². The van der Waals surface area contributed by atoms with Crippen molar-refractivity contribution in [2.45, 2.75) is 50.6 Å². The second-order valence-corrected chi connectivity index (χ2v) is 13.4. The Bertz CT molecular complexity index is 1740. The van der Waals surface area contributed by atoms with Crippen LogP contribution in [0.15, 0.2) is 108 Å². The maximum absolute atomic E-state index is 14.6. The molecule has 1 atom stereocenters. The van der Waals surface area contributed by atoms with E-state index in [0.717, 1.165) is 28.3 Å². The zero-order valence-electron chi connectivity index (χ0n) is 27.5. The minimum absolute atomic E-state index is 0.0346. The Labute approximate surface area is 288 Å². The first-order valence-electron chi connectivity index (χ1n) is 15.9. The average molecular weight is 692 g/mol. The number of carbonyl (C=O) groups excluding carboxylic acids is 2. The number of nitrogens with zero attached hydrogens (tertiary/aromatic N) is 2.